The first-order valence-corrected chi connectivity index (χ1v) is 8.77. The van der Waals surface area contributed by atoms with Gasteiger partial charge in [-0.2, -0.15) is 0 Å². The fourth-order valence-electron chi connectivity index (χ4n) is 1.88. The minimum Gasteiger partial charge on any atom is -0.316 e. The summed E-state index contributed by atoms with van der Waals surface area (Å²) in [7, 11) is -1.63. The van der Waals surface area contributed by atoms with Crippen LogP contribution < -0.4 is 10.0 Å². The van der Waals surface area contributed by atoms with Crippen LogP contribution in [0.1, 0.15) is 11.1 Å². The van der Waals surface area contributed by atoms with E-state index in [1.807, 2.05) is 25.2 Å². The molecule has 0 saturated carbocycles. The van der Waals surface area contributed by atoms with E-state index in [0.717, 1.165) is 15.6 Å². The molecule has 0 fully saturated rings. The number of pyridine rings is 1. The van der Waals surface area contributed by atoms with Crippen molar-refractivity contribution in [2.24, 2.45) is 0 Å². The molecular formula is C14H16BrN3O2S. The monoisotopic (exact) mass is 369 g/mol. The predicted octanol–water partition coefficient (Wildman–Crippen LogP) is 2.51. The summed E-state index contributed by atoms with van der Waals surface area (Å²) < 4.78 is 27.6. The second-order valence-electron chi connectivity index (χ2n) is 4.57. The number of halogens is 1. The highest BCUT2D eigenvalue weighted by atomic mass is 79.9. The average Bonchev–Trinajstić information content (AvgIpc) is 2.41. The number of hydrogen-bond acceptors (Lipinski definition) is 4. The largest absolute Gasteiger partial charge is 0.316 e. The maximum Gasteiger partial charge on any atom is 0.238 e. The van der Waals surface area contributed by atoms with Gasteiger partial charge >= 0.3 is 0 Å². The third kappa shape index (κ3) is 5.11. The van der Waals surface area contributed by atoms with Gasteiger partial charge in [-0.1, -0.05) is 24.3 Å². The van der Waals surface area contributed by atoms with E-state index in [1.165, 1.54) is 0 Å². The van der Waals surface area contributed by atoms with E-state index in [9.17, 15) is 8.42 Å². The van der Waals surface area contributed by atoms with Crippen molar-refractivity contribution < 1.29 is 8.42 Å². The Labute approximate surface area is 133 Å². The van der Waals surface area contributed by atoms with E-state index in [0.29, 0.717) is 12.4 Å². The number of aromatic nitrogens is 1. The minimum absolute atomic E-state index is 0.0811. The molecule has 7 heteroatoms. The molecule has 0 aliphatic rings. The summed E-state index contributed by atoms with van der Waals surface area (Å²) in [4.78, 5) is 4.00. The van der Waals surface area contributed by atoms with Gasteiger partial charge in [0, 0.05) is 17.2 Å². The topological polar surface area (TPSA) is 71.1 Å². The molecule has 0 amide bonds. The first-order chi connectivity index (χ1) is 9.98. The molecule has 1 aromatic heterocycles. The normalized spacial score (nSPS) is 11.3. The second-order valence-corrected chi connectivity index (χ2v) is 7.21. The molecule has 0 spiro atoms. The highest BCUT2D eigenvalue weighted by molar-refractivity contribution is 9.10. The van der Waals surface area contributed by atoms with E-state index in [-0.39, 0.29) is 5.75 Å². The van der Waals surface area contributed by atoms with Gasteiger partial charge in [-0.3, -0.25) is 4.72 Å². The van der Waals surface area contributed by atoms with Crippen LogP contribution in [0.25, 0.3) is 0 Å². The van der Waals surface area contributed by atoms with Gasteiger partial charge in [-0.05, 0) is 46.2 Å². The highest BCUT2D eigenvalue weighted by Crippen LogP contribution is 2.14. The van der Waals surface area contributed by atoms with Gasteiger partial charge in [-0.25, -0.2) is 13.4 Å². The van der Waals surface area contributed by atoms with Gasteiger partial charge < -0.3 is 5.32 Å². The van der Waals surface area contributed by atoms with Crippen LogP contribution in [0.3, 0.4) is 0 Å². The van der Waals surface area contributed by atoms with Crippen molar-refractivity contribution in [1.82, 2.24) is 10.3 Å². The standard InChI is InChI=1S/C14H16BrN3O2S/c1-16-8-11-3-2-4-12(7-11)10-21(19,20)18-14-6-5-13(15)9-17-14/h2-7,9,16H,8,10H2,1H3,(H,17,18). The van der Waals surface area contributed by atoms with Crippen molar-refractivity contribution in [3.8, 4) is 0 Å². The van der Waals surface area contributed by atoms with Crippen molar-refractivity contribution in [2.45, 2.75) is 12.3 Å². The van der Waals surface area contributed by atoms with Crippen LogP contribution in [0.5, 0.6) is 0 Å². The molecule has 112 valence electrons. The molecule has 1 heterocycles. The van der Waals surface area contributed by atoms with Crippen LogP contribution in [0, 0.1) is 0 Å². The number of anilines is 1. The number of rotatable bonds is 6. The Kier molecular flexibility index (Phi) is 5.33. The predicted molar refractivity (Wildman–Crippen MR) is 87.4 cm³/mol. The second kappa shape index (κ2) is 7.02. The summed E-state index contributed by atoms with van der Waals surface area (Å²) in [6, 6.07) is 10.8. The van der Waals surface area contributed by atoms with E-state index >= 15 is 0 Å². The van der Waals surface area contributed by atoms with Gasteiger partial charge in [0.2, 0.25) is 10.0 Å². The van der Waals surface area contributed by atoms with Crippen molar-refractivity contribution >= 4 is 31.8 Å². The zero-order valence-corrected chi connectivity index (χ0v) is 13.9. The summed E-state index contributed by atoms with van der Waals surface area (Å²) in [6.45, 7) is 0.704. The zero-order chi connectivity index (χ0) is 15.3. The van der Waals surface area contributed by atoms with E-state index in [2.05, 4.69) is 31.0 Å². The van der Waals surface area contributed by atoms with Crippen molar-refractivity contribution in [2.75, 3.05) is 11.8 Å². The minimum atomic E-state index is -3.48. The molecule has 2 aromatic rings. The zero-order valence-electron chi connectivity index (χ0n) is 11.5. The molecule has 0 saturated heterocycles. The molecule has 2 N–H and O–H groups in total. The number of nitrogens with one attached hydrogen (secondary N) is 2. The fraction of sp³-hybridized carbons (Fsp3) is 0.214. The first kappa shape index (κ1) is 15.9. The highest BCUT2D eigenvalue weighted by Gasteiger charge is 2.12. The Balaban J connectivity index is 2.10. The Morgan fingerprint density at radius 1 is 1.19 bits per heavy atom. The third-order valence-corrected chi connectivity index (χ3v) is 4.42. The lowest BCUT2D eigenvalue weighted by atomic mass is 10.1. The molecular weight excluding hydrogens is 354 g/mol. The quantitative estimate of drug-likeness (QED) is 0.820. The fourth-order valence-corrected chi connectivity index (χ4v) is 3.25. The molecule has 0 aliphatic heterocycles. The molecule has 0 bridgehead atoms. The SMILES string of the molecule is CNCc1cccc(CS(=O)(=O)Nc2ccc(Br)cn2)c1. The lowest BCUT2D eigenvalue weighted by Gasteiger charge is -2.08. The molecule has 0 aliphatic carbocycles. The summed E-state index contributed by atoms with van der Waals surface area (Å²) in [5.74, 6) is 0.229. The molecule has 1 aromatic carbocycles. The Morgan fingerprint density at radius 3 is 2.62 bits per heavy atom. The summed E-state index contributed by atoms with van der Waals surface area (Å²) in [6.07, 6.45) is 1.55. The average molecular weight is 370 g/mol. The summed E-state index contributed by atoms with van der Waals surface area (Å²) in [5, 5.41) is 3.04. The molecule has 2 rings (SSSR count). The first-order valence-electron chi connectivity index (χ1n) is 6.33. The third-order valence-electron chi connectivity index (χ3n) is 2.72. The van der Waals surface area contributed by atoms with Crippen LogP contribution in [-0.4, -0.2) is 20.4 Å². The van der Waals surface area contributed by atoms with Crippen LogP contribution in [0.2, 0.25) is 0 Å². The maximum absolute atomic E-state index is 12.1. The molecule has 21 heavy (non-hydrogen) atoms. The number of hydrogen-bond donors (Lipinski definition) is 2. The number of sulfonamides is 1. The van der Waals surface area contributed by atoms with E-state index in [1.54, 1.807) is 24.4 Å². The van der Waals surface area contributed by atoms with Crippen LogP contribution >= 0.6 is 15.9 Å². The van der Waals surface area contributed by atoms with E-state index in [4.69, 9.17) is 0 Å². The van der Waals surface area contributed by atoms with Gasteiger partial charge in [0.1, 0.15) is 5.82 Å². The summed E-state index contributed by atoms with van der Waals surface area (Å²) >= 11 is 3.26. The van der Waals surface area contributed by atoms with Gasteiger partial charge in [0.25, 0.3) is 0 Å². The number of nitrogens with zero attached hydrogens (tertiary/aromatic N) is 1. The molecule has 5 nitrogen and oxygen atoms in total. The Bertz CT molecular complexity index is 702. The van der Waals surface area contributed by atoms with Gasteiger partial charge in [0.15, 0.2) is 0 Å². The number of benzene rings is 1. The molecule has 0 atom stereocenters. The van der Waals surface area contributed by atoms with Crippen molar-refractivity contribution in [1.29, 1.82) is 0 Å². The Hall–Kier alpha value is -1.44. The van der Waals surface area contributed by atoms with Gasteiger partial charge in [-0.15, -0.1) is 0 Å². The van der Waals surface area contributed by atoms with Crippen molar-refractivity contribution in [3.63, 3.8) is 0 Å². The molecule has 0 radical (unpaired) electrons. The van der Waals surface area contributed by atoms with E-state index < -0.39 is 10.0 Å². The van der Waals surface area contributed by atoms with Crippen LogP contribution in [0.15, 0.2) is 47.1 Å². The Morgan fingerprint density at radius 2 is 1.95 bits per heavy atom. The van der Waals surface area contributed by atoms with Gasteiger partial charge in [0.05, 0.1) is 5.75 Å². The maximum atomic E-state index is 12.1. The molecule has 0 unspecified atom stereocenters. The lowest BCUT2D eigenvalue weighted by Crippen LogP contribution is -2.16. The smallest absolute Gasteiger partial charge is 0.238 e. The van der Waals surface area contributed by atoms with Crippen LogP contribution in [-0.2, 0) is 22.3 Å². The van der Waals surface area contributed by atoms with Crippen molar-refractivity contribution in [3.05, 3.63) is 58.2 Å². The summed E-state index contributed by atoms with van der Waals surface area (Å²) in [5.41, 5.74) is 1.79. The lowest BCUT2D eigenvalue weighted by molar-refractivity contribution is 0.600. The van der Waals surface area contributed by atoms with Crippen LogP contribution in [0.4, 0.5) is 5.82 Å².